The van der Waals surface area contributed by atoms with E-state index in [2.05, 4.69) is 13.8 Å². The van der Waals surface area contributed by atoms with Crippen LogP contribution in [0.15, 0.2) is 35.4 Å². The molecule has 0 aliphatic heterocycles. The number of benzene rings is 1. The second kappa shape index (κ2) is 4.68. The first-order valence-electron chi connectivity index (χ1n) is 6.42. The summed E-state index contributed by atoms with van der Waals surface area (Å²) in [6.45, 7) is 6.22. The van der Waals surface area contributed by atoms with Crippen LogP contribution >= 0.6 is 0 Å². The van der Waals surface area contributed by atoms with E-state index >= 15 is 0 Å². The lowest BCUT2D eigenvalue weighted by molar-refractivity contribution is 0.0997. The van der Waals surface area contributed by atoms with E-state index in [1.54, 1.807) is 12.1 Å². The summed E-state index contributed by atoms with van der Waals surface area (Å²) < 4.78 is 13.2. The van der Waals surface area contributed by atoms with Crippen molar-refractivity contribution in [3.8, 4) is 0 Å². The molecule has 1 aromatic carbocycles. The molecule has 0 amide bonds. The van der Waals surface area contributed by atoms with Crippen LogP contribution < -0.4 is 0 Å². The maximum atomic E-state index is 13.2. The van der Waals surface area contributed by atoms with E-state index in [0.717, 1.165) is 30.4 Å². The third kappa shape index (κ3) is 2.38. The number of carbonyl (C=O) groups is 1. The molecule has 1 aliphatic rings. The minimum absolute atomic E-state index is 0.0169. The first-order chi connectivity index (χ1) is 8.42. The molecule has 0 unspecified atom stereocenters. The van der Waals surface area contributed by atoms with Crippen LogP contribution in [0.5, 0.6) is 0 Å². The average Bonchev–Trinajstić information content (AvgIpc) is 2.27. The van der Waals surface area contributed by atoms with Crippen molar-refractivity contribution in [1.29, 1.82) is 0 Å². The van der Waals surface area contributed by atoms with Crippen molar-refractivity contribution >= 4 is 5.78 Å². The highest BCUT2D eigenvalue weighted by atomic mass is 19.1. The van der Waals surface area contributed by atoms with Gasteiger partial charge in [-0.05, 0) is 43.7 Å². The lowest BCUT2D eigenvalue weighted by atomic mass is 9.70. The van der Waals surface area contributed by atoms with Gasteiger partial charge in [0.1, 0.15) is 5.82 Å². The van der Waals surface area contributed by atoms with E-state index in [9.17, 15) is 9.18 Å². The van der Waals surface area contributed by atoms with Crippen molar-refractivity contribution in [2.24, 2.45) is 5.41 Å². The van der Waals surface area contributed by atoms with Gasteiger partial charge in [-0.3, -0.25) is 4.79 Å². The van der Waals surface area contributed by atoms with Gasteiger partial charge < -0.3 is 0 Å². The third-order valence-electron chi connectivity index (χ3n) is 3.77. The molecule has 0 radical (unpaired) electrons. The smallest absolute Gasteiger partial charge is 0.189 e. The summed E-state index contributed by atoms with van der Waals surface area (Å²) >= 11 is 0. The maximum absolute atomic E-state index is 13.2. The second-order valence-electron chi connectivity index (χ2n) is 5.73. The van der Waals surface area contributed by atoms with Gasteiger partial charge in [-0.15, -0.1) is 0 Å². The Morgan fingerprint density at radius 1 is 1.33 bits per heavy atom. The molecule has 0 atom stereocenters. The van der Waals surface area contributed by atoms with Gasteiger partial charge in [0.25, 0.3) is 0 Å². The Morgan fingerprint density at radius 2 is 2.06 bits per heavy atom. The highest BCUT2D eigenvalue weighted by Crippen LogP contribution is 2.41. The van der Waals surface area contributed by atoms with Gasteiger partial charge in [0.2, 0.25) is 0 Å². The van der Waals surface area contributed by atoms with E-state index in [0.29, 0.717) is 5.56 Å². The summed E-state index contributed by atoms with van der Waals surface area (Å²) in [6, 6.07) is 5.97. The van der Waals surface area contributed by atoms with Gasteiger partial charge in [-0.1, -0.05) is 31.6 Å². The van der Waals surface area contributed by atoms with Crippen molar-refractivity contribution in [1.82, 2.24) is 0 Å². The van der Waals surface area contributed by atoms with Gasteiger partial charge in [-0.2, -0.15) is 0 Å². The summed E-state index contributed by atoms with van der Waals surface area (Å²) in [5, 5.41) is 0. The Balaban J connectivity index is 2.44. The average molecular weight is 246 g/mol. The summed E-state index contributed by atoms with van der Waals surface area (Å²) in [4.78, 5) is 12.6. The van der Waals surface area contributed by atoms with E-state index in [4.69, 9.17) is 0 Å². The molecule has 0 fully saturated rings. The fourth-order valence-electron chi connectivity index (χ4n) is 2.90. The SMILES string of the molecule is CC1=C(C(=O)c2cccc(F)c2)C(C)(C)CCC1. The van der Waals surface area contributed by atoms with Crippen LogP contribution in [0.1, 0.15) is 50.4 Å². The zero-order valence-corrected chi connectivity index (χ0v) is 11.2. The summed E-state index contributed by atoms with van der Waals surface area (Å²) in [5.74, 6) is -0.371. The monoisotopic (exact) mass is 246 g/mol. The van der Waals surface area contributed by atoms with Crippen LogP contribution in [-0.4, -0.2) is 5.78 Å². The Morgan fingerprint density at radius 3 is 2.67 bits per heavy atom. The maximum Gasteiger partial charge on any atom is 0.189 e. The van der Waals surface area contributed by atoms with E-state index < -0.39 is 0 Å². The minimum Gasteiger partial charge on any atom is -0.289 e. The molecule has 18 heavy (non-hydrogen) atoms. The van der Waals surface area contributed by atoms with Crippen LogP contribution in [0, 0.1) is 11.2 Å². The van der Waals surface area contributed by atoms with Crippen molar-refractivity contribution in [3.05, 3.63) is 46.8 Å². The summed E-state index contributed by atoms with van der Waals surface area (Å²) in [6.07, 6.45) is 3.11. The van der Waals surface area contributed by atoms with E-state index in [1.165, 1.54) is 12.1 Å². The molecule has 1 aliphatic carbocycles. The summed E-state index contributed by atoms with van der Waals surface area (Å²) in [7, 11) is 0. The quantitative estimate of drug-likeness (QED) is 0.700. The zero-order valence-electron chi connectivity index (χ0n) is 11.2. The molecule has 0 spiro atoms. The molecule has 0 saturated heterocycles. The normalized spacial score (nSPS) is 18.9. The highest BCUT2D eigenvalue weighted by molar-refractivity contribution is 6.10. The number of ketones is 1. The number of carbonyl (C=O) groups excluding carboxylic acids is 1. The zero-order chi connectivity index (χ0) is 13.3. The minimum atomic E-state index is -0.354. The second-order valence-corrected chi connectivity index (χ2v) is 5.73. The standard InChI is InChI=1S/C16H19FO/c1-11-6-5-9-16(2,3)14(11)15(18)12-7-4-8-13(17)10-12/h4,7-8,10H,5-6,9H2,1-3H3. The number of halogens is 1. The lowest BCUT2D eigenvalue weighted by Gasteiger charge is -2.33. The Labute approximate surface area is 108 Å². The number of Topliss-reactive ketones (excluding diaryl/α,β-unsaturated/α-hetero) is 1. The summed E-state index contributed by atoms with van der Waals surface area (Å²) in [5.41, 5.74) is 2.38. The van der Waals surface area contributed by atoms with E-state index in [1.807, 2.05) is 6.92 Å². The van der Waals surface area contributed by atoms with Crippen LogP contribution in [0.2, 0.25) is 0 Å². The molecular formula is C16H19FO. The third-order valence-corrected chi connectivity index (χ3v) is 3.77. The lowest BCUT2D eigenvalue weighted by Crippen LogP contribution is -2.26. The molecule has 0 saturated carbocycles. The number of rotatable bonds is 2. The van der Waals surface area contributed by atoms with Crippen LogP contribution in [0.4, 0.5) is 4.39 Å². The Hall–Kier alpha value is -1.44. The van der Waals surface area contributed by atoms with Gasteiger partial charge in [0.15, 0.2) is 5.78 Å². The highest BCUT2D eigenvalue weighted by Gasteiger charge is 2.33. The predicted octanol–water partition coefficient (Wildman–Crippen LogP) is 4.54. The molecule has 1 aromatic rings. The molecule has 0 aromatic heterocycles. The van der Waals surface area contributed by atoms with Crippen molar-refractivity contribution in [2.75, 3.05) is 0 Å². The fraction of sp³-hybridized carbons (Fsp3) is 0.438. The van der Waals surface area contributed by atoms with Crippen LogP contribution in [0.3, 0.4) is 0 Å². The predicted molar refractivity (Wildman–Crippen MR) is 71.1 cm³/mol. The number of hydrogen-bond donors (Lipinski definition) is 0. The van der Waals surface area contributed by atoms with Gasteiger partial charge >= 0.3 is 0 Å². The molecule has 1 nitrogen and oxygen atoms in total. The molecule has 96 valence electrons. The van der Waals surface area contributed by atoms with Crippen molar-refractivity contribution < 1.29 is 9.18 Å². The van der Waals surface area contributed by atoms with Crippen LogP contribution in [0.25, 0.3) is 0 Å². The first-order valence-corrected chi connectivity index (χ1v) is 6.42. The largest absolute Gasteiger partial charge is 0.289 e. The molecule has 0 bridgehead atoms. The van der Waals surface area contributed by atoms with Crippen molar-refractivity contribution in [2.45, 2.75) is 40.0 Å². The van der Waals surface area contributed by atoms with Gasteiger partial charge in [0, 0.05) is 11.1 Å². The molecular weight excluding hydrogens is 227 g/mol. The van der Waals surface area contributed by atoms with E-state index in [-0.39, 0.29) is 17.0 Å². The molecule has 0 N–H and O–H groups in total. The van der Waals surface area contributed by atoms with Crippen LogP contribution in [-0.2, 0) is 0 Å². The number of allylic oxidation sites excluding steroid dienone is 2. The number of hydrogen-bond acceptors (Lipinski definition) is 1. The Kier molecular flexibility index (Phi) is 3.38. The van der Waals surface area contributed by atoms with Gasteiger partial charge in [0.05, 0.1) is 0 Å². The van der Waals surface area contributed by atoms with Gasteiger partial charge in [-0.25, -0.2) is 4.39 Å². The molecule has 0 heterocycles. The topological polar surface area (TPSA) is 17.1 Å². The Bertz CT molecular complexity index is 512. The first kappa shape index (κ1) is 13.0. The molecule has 2 rings (SSSR count). The van der Waals surface area contributed by atoms with Crippen molar-refractivity contribution in [3.63, 3.8) is 0 Å². The molecule has 2 heteroatoms. The fourth-order valence-corrected chi connectivity index (χ4v) is 2.90.